The Balaban J connectivity index is 2.31. The summed E-state index contributed by atoms with van der Waals surface area (Å²) in [6, 6.07) is 0. The number of allylic oxidation sites excluding steroid dienone is 3. The summed E-state index contributed by atoms with van der Waals surface area (Å²) in [4.78, 5) is 23.4. The highest BCUT2D eigenvalue weighted by Crippen LogP contribution is 2.47. The molecule has 2 bridgehead atoms. The fourth-order valence-electron chi connectivity index (χ4n) is 4.54. The largest absolute Gasteiger partial charge is 0.461 e. The van der Waals surface area contributed by atoms with E-state index >= 15 is 0 Å². The Morgan fingerprint density at radius 2 is 2.12 bits per heavy atom. The monoisotopic (exact) mass is 344 g/mol. The maximum atomic E-state index is 11.7. The third kappa shape index (κ3) is 4.71. The minimum absolute atomic E-state index is 0.00102. The van der Waals surface area contributed by atoms with E-state index in [1.54, 1.807) is 0 Å². The van der Waals surface area contributed by atoms with E-state index in [9.17, 15) is 9.59 Å². The number of carbonyl (C=O) groups is 2. The maximum absolute atomic E-state index is 11.7. The number of fused-ring (bicyclic) bond motifs is 2. The van der Waals surface area contributed by atoms with Crippen LogP contribution in [0.2, 0.25) is 0 Å². The Labute approximate surface area is 152 Å². The molecule has 25 heavy (non-hydrogen) atoms. The number of carbonyl (C=O) groups excluding carboxylic acids is 2. The highest BCUT2D eigenvalue weighted by Gasteiger charge is 2.45. The lowest BCUT2D eigenvalue weighted by Gasteiger charge is -2.40. The van der Waals surface area contributed by atoms with E-state index in [-0.39, 0.29) is 23.9 Å². The number of aldehydes is 1. The van der Waals surface area contributed by atoms with Gasteiger partial charge in [0, 0.05) is 18.8 Å². The molecule has 2 aliphatic rings. The van der Waals surface area contributed by atoms with E-state index in [0.29, 0.717) is 11.8 Å². The fourth-order valence-corrected chi connectivity index (χ4v) is 4.54. The summed E-state index contributed by atoms with van der Waals surface area (Å²) in [5, 5.41) is 0. The highest BCUT2D eigenvalue weighted by molar-refractivity contribution is 5.75. The van der Waals surface area contributed by atoms with Crippen LogP contribution in [0.4, 0.5) is 0 Å². The molecule has 0 aromatic carbocycles. The Hall–Kier alpha value is -1.64. The molecule has 1 saturated carbocycles. The average Bonchev–Trinajstić information content (AvgIpc) is 2.62. The van der Waals surface area contributed by atoms with Crippen molar-refractivity contribution in [3.63, 3.8) is 0 Å². The van der Waals surface area contributed by atoms with Gasteiger partial charge in [0.05, 0.1) is 0 Å². The van der Waals surface area contributed by atoms with Gasteiger partial charge in [0.2, 0.25) is 0 Å². The Morgan fingerprint density at radius 1 is 1.40 bits per heavy atom. The second kappa shape index (κ2) is 8.64. The minimum Gasteiger partial charge on any atom is -0.461 e. The van der Waals surface area contributed by atoms with Gasteiger partial charge in [-0.3, -0.25) is 9.59 Å². The van der Waals surface area contributed by atoms with E-state index in [2.05, 4.69) is 39.5 Å². The van der Waals surface area contributed by atoms with Crippen LogP contribution >= 0.6 is 0 Å². The van der Waals surface area contributed by atoms with Crippen molar-refractivity contribution in [2.45, 2.75) is 65.9 Å². The summed E-state index contributed by atoms with van der Waals surface area (Å²) in [6.45, 7) is 12.2. The highest BCUT2D eigenvalue weighted by atomic mass is 16.5. The third-order valence-corrected chi connectivity index (χ3v) is 5.87. The second-order valence-corrected chi connectivity index (χ2v) is 7.96. The van der Waals surface area contributed by atoms with Crippen LogP contribution in [-0.2, 0) is 14.3 Å². The molecule has 0 amide bonds. The predicted octanol–water partition coefficient (Wildman–Crippen LogP) is 5.03. The minimum atomic E-state index is -0.266. The van der Waals surface area contributed by atoms with Crippen LogP contribution in [0.5, 0.6) is 0 Å². The Morgan fingerprint density at radius 3 is 2.72 bits per heavy atom. The molecule has 5 atom stereocenters. The number of hydrogen-bond donors (Lipinski definition) is 0. The van der Waals surface area contributed by atoms with Gasteiger partial charge in [-0.25, -0.2) is 0 Å². The lowest BCUT2D eigenvalue weighted by atomic mass is 9.68. The summed E-state index contributed by atoms with van der Waals surface area (Å²) >= 11 is 0. The number of hydrogen-bond acceptors (Lipinski definition) is 3. The zero-order chi connectivity index (χ0) is 18.6. The van der Waals surface area contributed by atoms with Gasteiger partial charge in [-0.1, -0.05) is 36.8 Å². The second-order valence-electron chi connectivity index (χ2n) is 7.96. The predicted molar refractivity (Wildman–Crippen MR) is 101 cm³/mol. The van der Waals surface area contributed by atoms with Gasteiger partial charge in [-0.05, 0) is 63.4 Å². The van der Waals surface area contributed by atoms with E-state index < -0.39 is 0 Å². The summed E-state index contributed by atoms with van der Waals surface area (Å²) in [6.07, 6.45) is 9.91. The summed E-state index contributed by atoms with van der Waals surface area (Å²) in [5.74, 6) is 0.687. The van der Waals surface area contributed by atoms with Crippen molar-refractivity contribution >= 4 is 12.3 Å². The van der Waals surface area contributed by atoms with Crippen molar-refractivity contribution in [1.29, 1.82) is 0 Å². The van der Waals surface area contributed by atoms with Crippen LogP contribution in [0.3, 0.4) is 0 Å². The molecule has 0 radical (unpaired) electrons. The molecule has 138 valence electrons. The first-order valence-corrected chi connectivity index (χ1v) is 9.48. The molecule has 0 aromatic heterocycles. The zero-order valence-electron chi connectivity index (χ0n) is 16.1. The number of rotatable bonds is 6. The quantitative estimate of drug-likeness (QED) is 0.386. The van der Waals surface area contributed by atoms with E-state index in [0.717, 1.165) is 49.5 Å². The van der Waals surface area contributed by atoms with E-state index in [1.807, 2.05) is 0 Å². The van der Waals surface area contributed by atoms with Gasteiger partial charge in [-0.2, -0.15) is 0 Å². The number of esters is 1. The van der Waals surface area contributed by atoms with Crippen molar-refractivity contribution in [2.24, 2.45) is 23.7 Å². The molecule has 2 aliphatic carbocycles. The van der Waals surface area contributed by atoms with Crippen LogP contribution in [0.25, 0.3) is 0 Å². The van der Waals surface area contributed by atoms with Gasteiger partial charge in [0.1, 0.15) is 12.4 Å². The summed E-state index contributed by atoms with van der Waals surface area (Å²) in [5.41, 5.74) is 3.32. The van der Waals surface area contributed by atoms with Crippen LogP contribution in [0, 0.1) is 23.7 Å². The summed E-state index contributed by atoms with van der Waals surface area (Å²) in [7, 11) is 0. The molecule has 1 fully saturated rings. The van der Waals surface area contributed by atoms with E-state index in [4.69, 9.17) is 4.74 Å². The molecule has 3 heteroatoms. The lowest BCUT2D eigenvalue weighted by molar-refractivity contribution is -0.153. The van der Waals surface area contributed by atoms with Gasteiger partial charge >= 0.3 is 5.97 Å². The number of ether oxygens (including phenoxy) is 1. The molecule has 0 spiro atoms. The zero-order valence-corrected chi connectivity index (χ0v) is 16.1. The van der Waals surface area contributed by atoms with Gasteiger partial charge in [0.25, 0.3) is 0 Å². The van der Waals surface area contributed by atoms with E-state index in [1.165, 1.54) is 12.5 Å². The molecule has 0 saturated heterocycles. The van der Waals surface area contributed by atoms with Crippen molar-refractivity contribution in [3.8, 4) is 0 Å². The van der Waals surface area contributed by atoms with Gasteiger partial charge < -0.3 is 4.74 Å². The van der Waals surface area contributed by atoms with Crippen LogP contribution < -0.4 is 0 Å². The first-order chi connectivity index (χ1) is 11.8. The van der Waals surface area contributed by atoms with Crippen molar-refractivity contribution in [2.75, 3.05) is 0 Å². The molecule has 0 aliphatic heterocycles. The molecular formula is C22H32O3. The smallest absolute Gasteiger partial charge is 0.302 e. The van der Waals surface area contributed by atoms with Gasteiger partial charge in [0.15, 0.2) is 0 Å². The standard InChI is InChI=1S/C22H32O3/c1-14(2)7-6-8-15(3)19-11-9-16(4)20-12-10-18(13-23)21(19)22(20)25-17(5)24/h7,10,13,15,19-22H,4,6,8-9,11-12H2,1-3,5H3/t15-,19+,20+,21-,22?/m1/s1. The molecule has 0 aromatic rings. The normalized spacial score (nSPS) is 29.9. The molecule has 2 rings (SSSR count). The summed E-state index contributed by atoms with van der Waals surface area (Å²) < 4.78 is 5.75. The van der Waals surface area contributed by atoms with Crippen molar-refractivity contribution < 1.29 is 14.3 Å². The average molecular weight is 344 g/mol. The van der Waals surface area contributed by atoms with Crippen LogP contribution in [0.1, 0.15) is 59.8 Å². The molecule has 0 heterocycles. The van der Waals surface area contributed by atoms with Gasteiger partial charge in [-0.15, -0.1) is 0 Å². The van der Waals surface area contributed by atoms with Crippen molar-refractivity contribution in [3.05, 3.63) is 35.5 Å². The van der Waals surface area contributed by atoms with Crippen molar-refractivity contribution in [1.82, 2.24) is 0 Å². The molecule has 3 nitrogen and oxygen atoms in total. The van der Waals surface area contributed by atoms with Crippen LogP contribution in [-0.4, -0.2) is 18.4 Å². The Bertz CT molecular complexity index is 580. The maximum Gasteiger partial charge on any atom is 0.302 e. The molecule has 0 N–H and O–H groups in total. The Kier molecular flexibility index (Phi) is 6.80. The SMILES string of the molecule is C=C1CC[C@@H]([C@H](C)CCC=C(C)C)[C@H]2C(C=O)=CC[C@@H]1C2OC(C)=O. The molecular weight excluding hydrogens is 312 g/mol. The first-order valence-electron chi connectivity index (χ1n) is 9.48. The topological polar surface area (TPSA) is 43.4 Å². The fraction of sp³-hybridized carbons (Fsp3) is 0.636. The lowest BCUT2D eigenvalue weighted by Crippen LogP contribution is -2.41. The van der Waals surface area contributed by atoms with Crippen LogP contribution in [0.15, 0.2) is 35.5 Å². The molecule has 1 unspecified atom stereocenters. The first kappa shape index (κ1) is 19.7. The third-order valence-electron chi connectivity index (χ3n) is 5.87.